The van der Waals surface area contributed by atoms with Crippen molar-refractivity contribution < 1.29 is 26.5 Å². The molecule has 0 aliphatic heterocycles. The van der Waals surface area contributed by atoms with E-state index in [0.717, 1.165) is 0 Å². The van der Waals surface area contributed by atoms with Crippen LogP contribution >= 0.6 is 0 Å². The summed E-state index contributed by atoms with van der Waals surface area (Å²) in [6, 6.07) is 0.208. The van der Waals surface area contributed by atoms with Crippen LogP contribution in [-0.4, -0.2) is 13.3 Å². The third-order valence-corrected chi connectivity index (χ3v) is 1.60. The molecule has 0 saturated carbocycles. The van der Waals surface area contributed by atoms with Crippen LogP contribution in [0, 0.1) is 11.6 Å². The van der Waals surface area contributed by atoms with Gasteiger partial charge in [0.15, 0.2) is 6.29 Å². The lowest BCUT2D eigenvalue weighted by molar-refractivity contribution is 0.111. The Morgan fingerprint density at radius 2 is 1.50 bits per heavy atom. The number of rotatable bonds is 2. The van der Waals surface area contributed by atoms with Crippen LogP contribution in [0.25, 0.3) is 0 Å². The molecule has 0 bridgehead atoms. The molecule has 0 radical (unpaired) electrons. The third kappa shape index (κ3) is 1.91. The van der Waals surface area contributed by atoms with Crippen molar-refractivity contribution in [2.75, 3.05) is 0 Å². The number of aldehydes is 1. The number of carbonyl (C=O) groups excluding carboxylic acids is 1. The fourth-order valence-electron chi connectivity index (χ4n) is 0.905. The molecule has 76 valence electrons. The number of hydrogen-bond donors (Lipinski definition) is 0. The van der Waals surface area contributed by atoms with E-state index in [9.17, 15) is 26.5 Å². The molecule has 7 heteroatoms. The smallest absolute Gasteiger partial charge is 0.445 e. The second-order valence-corrected chi connectivity index (χ2v) is 2.59. The lowest BCUT2D eigenvalue weighted by Crippen LogP contribution is -2.35. The van der Waals surface area contributed by atoms with Gasteiger partial charge in [0.05, 0.1) is 5.56 Å². The predicted octanol–water partition coefficient (Wildman–Crippen LogP) is 1.83. The molecule has 1 rings (SSSR count). The van der Waals surface area contributed by atoms with E-state index in [1.54, 1.807) is 0 Å². The van der Waals surface area contributed by atoms with Crippen LogP contribution in [0.1, 0.15) is 10.4 Å². The third-order valence-electron chi connectivity index (χ3n) is 1.60. The SMILES string of the molecule is O=Cc1c(F)cc([B-](F)(F)F)cc1F. The minimum atomic E-state index is -5.46. The Balaban J connectivity index is 3.35. The van der Waals surface area contributed by atoms with Gasteiger partial charge in [-0.1, -0.05) is 12.1 Å². The molecule has 0 atom stereocenters. The Bertz CT molecular complexity index is 350. The van der Waals surface area contributed by atoms with Gasteiger partial charge in [-0.05, 0) is 0 Å². The largest absolute Gasteiger partial charge is 0.509 e. The Hall–Kier alpha value is -1.40. The van der Waals surface area contributed by atoms with Gasteiger partial charge in [0.25, 0.3) is 0 Å². The summed E-state index contributed by atoms with van der Waals surface area (Å²) in [5.74, 6) is -3.01. The highest BCUT2D eigenvalue weighted by Gasteiger charge is 2.27. The highest BCUT2D eigenvalue weighted by molar-refractivity contribution is 6.73. The van der Waals surface area contributed by atoms with Gasteiger partial charge in [-0.2, -0.15) is 0 Å². The summed E-state index contributed by atoms with van der Waals surface area (Å²) in [4.78, 5) is 10.1. The van der Waals surface area contributed by atoms with Crippen LogP contribution in [0.15, 0.2) is 12.1 Å². The van der Waals surface area contributed by atoms with Crippen molar-refractivity contribution in [3.05, 3.63) is 29.3 Å². The van der Waals surface area contributed by atoms with Gasteiger partial charge in [0, 0.05) is 0 Å². The van der Waals surface area contributed by atoms with Crippen molar-refractivity contribution in [1.82, 2.24) is 0 Å². The first-order valence-corrected chi connectivity index (χ1v) is 3.50. The molecule has 0 aromatic heterocycles. The van der Waals surface area contributed by atoms with E-state index in [0.29, 0.717) is 0 Å². The van der Waals surface area contributed by atoms with Crippen molar-refractivity contribution in [3.63, 3.8) is 0 Å². The van der Waals surface area contributed by atoms with Crippen molar-refractivity contribution in [2.45, 2.75) is 0 Å². The van der Waals surface area contributed by atoms with E-state index in [1.807, 2.05) is 0 Å². The normalized spacial score (nSPS) is 11.5. The first kappa shape index (κ1) is 10.7. The van der Waals surface area contributed by atoms with Gasteiger partial charge in [-0.25, -0.2) is 8.78 Å². The van der Waals surface area contributed by atoms with E-state index < -0.39 is 29.6 Å². The Kier molecular flexibility index (Phi) is 2.59. The highest BCUT2D eigenvalue weighted by Crippen LogP contribution is 2.14. The zero-order chi connectivity index (χ0) is 10.9. The summed E-state index contributed by atoms with van der Waals surface area (Å²) in [6.07, 6.45) is -0.169. The summed E-state index contributed by atoms with van der Waals surface area (Å²) in [7, 11) is 0. The Morgan fingerprint density at radius 1 is 1.07 bits per heavy atom. The summed E-state index contributed by atoms with van der Waals surface area (Å²) in [5, 5.41) is 0. The molecule has 1 aromatic rings. The lowest BCUT2D eigenvalue weighted by Gasteiger charge is -2.15. The molecule has 0 amide bonds. The molecule has 0 saturated heterocycles. The van der Waals surface area contributed by atoms with E-state index in [1.165, 1.54) is 0 Å². The second-order valence-electron chi connectivity index (χ2n) is 2.59. The standard InChI is InChI=1S/C7H3BF5O/c9-6-1-4(8(11,12)13)2-7(10)5(6)3-14/h1-3H/q-1. The van der Waals surface area contributed by atoms with Crippen LogP contribution in [-0.2, 0) is 0 Å². The molecule has 0 aliphatic rings. The number of halogens is 5. The van der Waals surface area contributed by atoms with Gasteiger partial charge < -0.3 is 12.9 Å². The van der Waals surface area contributed by atoms with Crippen molar-refractivity contribution >= 4 is 18.7 Å². The van der Waals surface area contributed by atoms with Gasteiger partial charge in [-0.3, -0.25) is 4.79 Å². The van der Waals surface area contributed by atoms with Crippen LogP contribution in [0.5, 0.6) is 0 Å². The number of benzene rings is 1. The molecule has 1 aromatic carbocycles. The summed E-state index contributed by atoms with van der Waals surface area (Å²) in [6.45, 7) is -5.46. The van der Waals surface area contributed by atoms with Crippen molar-refractivity contribution in [2.24, 2.45) is 0 Å². The monoisotopic (exact) mass is 209 g/mol. The first-order valence-electron chi connectivity index (χ1n) is 3.50. The molecular formula is C7H3BF5O-. The maximum Gasteiger partial charge on any atom is 0.509 e. The van der Waals surface area contributed by atoms with E-state index in [2.05, 4.69) is 0 Å². The van der Waals surface area contributed by atoms with Gasteiger partial charge in [0.2, 0.25) is 0 Å². The highest BCUT2D eigenvalue weighted by atomic mass is 19.4. The Morgan fingerprint density at radius 3 is 1.79 bits per heavy atom. The molecular weight excluding hydrogens is 206 g/mol. The minimum Gasteiger partial charge on any atom is -0.445 e. The fourth-order valence-corrected chi connectivity index (χ4v) is 0.905. The van der Waals surface area contributed by atoms with Gasteiger partial charge in [0.1, 0.15) is 11.6 Å². The van der Waals surface area contributed by atoms with Crippen LogP contribution in [0.2, 0.25) is 0 Å². The van der Waals surface area contributed by atoms with E-state index in [4.69, 9.17) is 0 Å². The molecule has 0 heterocycles. The molecule has 0 fully saturated rings. The molecule has 0 unspecified atom stereocenters. The molecule has 1 nitrogen and oxygen atoms in total. The topological polar surface area (TPSA) is 17.1 Å². The molecule has 14 heavy (non-hydrogen) atoms. The van der Waals surface area contributed by atoms with Crippen molar-refractivity contribution in [3.8, 4) is 0 Å². The quantitative estimate of drug-likeness (QED) is 0.412. The Labute approximate surface area is 75.6 Å². The number of carbonyl (C=O) groups is 1. The molecule has 0 N–H and O–H groups in total. The van der Waals surface area contributed by atoms with E-state index >= 15 is 0 Å². The van der Waals surface area contributed by atoms with Gasteiger partial charge in [-0.15, -0.1) is 5.46 Å². The van der Waals surface area contributed by atoms with Gasteiger partial charge >= 0.3 is 6.98 Å². The predicted molar refractivity (Wildman–Crippen MR) is 40.5 cm³/mol. The average molecular weight is 209 g/mol. The maximum atomic E-state index is 12.7. The average Bonchev–Trinajstić information content (AvgIpc) is 2.01. The zero-order valence-corrected chi connectivity index (χ0v) is 6.61. The molecule has 0 aliphatic carbocycles. The maximum absolute atomic E-state index is 12.7. The summed E-state index contributed by atoms with van der Waals surface area (Å²) < 4.78 is 61.4. The van der Waals surface area contributed by atoms with Crippen LogP contribution < -0.4 is 5.46 Å². The summed E-state index contributed by atoms with van der Waals surface area (Å²) in [5.41, 5.74) is -2.39. The first-order chi connectivity index (χ1) is 6.36. The molecule has 0 spiro atoms. The number of hydrogen-bond acceptors (Lipinski definition) is 1. The van der Waals surface area contributed by atoms with Crippen LogP contribution in [0.4, 0.5) is 21.7 Å². The lowest BCUT2D eigenvalue weighted by atomic mass is 9.79. The fraction of sp³-hybridized carbons (Fsp3) is 0. The summed E-state index contributed by atoms with van der Waals surface area (Å²) >= 11 is 0. The zero-order valence-electron chi connectivity index (χ0n) is 6.61. The van der Waals surface area contributed by atoms with Crippen molar-refractivity contribution in [1.29, 1.82) is 0 Å². The minimum absolute atomic E-state index is 0.104. The second kappa shape index (κ2) is 3.40. The van der Waals surface area contributed by atoms with E-state index in [-0.39, 0.29) is 18.4 Å². The van der Waals surface area contributed by atoms with Crippen LogP contribution in [0.3, 0.4) is 0 Å².